The highest BCUT2D eigenvalue weighted by Gasteiger charge is 2.35. The largest absolute Gasteiger partial charge is 0.503 e. The average Bonchev–Trinajstić information content (AvgIpc) is 3.34. The number of halogens is 1. The Balaban J connectivity index is 1.74. The van der Waals surface area contributed by atoms with Gasteiger partial charge < -0.3 is 19.3 Å². The highest BCUT2D eigenvalue weighted by molar-refractivity contribution is 5.99. The van der Waals surface area contributed by atoms with Crippen molar-refractivity contribution < 1.29 is 33.3 Å². The molecule has 8 heteroatoms. The number of ether oxygens (including phenoxy) is 3. The molecular weight excluding hydrogens is 441 g/mol. The fraction of sp³-hybridized carbons (Fsp3) is 0.500. The van der Waals surface area contributed by atoms with Gasteiger partial charge in [0.1, 0.15) is 17.7 Å². The van der Waals surface area contributed by atoms with Crippen LogP contribution in [0.2, 0.25) is 0 Å². The van der Waals surface area contributed by atoms with Gasteiger partial charge in [-0.2, -0.15) is 0 Å². The molecule has 2 aromatic rings. The molecule has 0 radical (unpaired) electrons. The van der Waals surface area contributed by atoms with E-state index in [4.69, 9.17) is 14.2 Å². The summed E-state index contributed by atoms with van der Waals surface area (Å²) < 4.78 is 30.1. The first-order valence-corrected chi connectivity index (χ1v) is 11.6. The smallest absolute Gasteiger partial charge is 0.309 e. The molecule has 1 fully saturated rings. The Hall–Kier alpha value is -3.16. The Morgan fingerprint density at radius 3 is 2.44 bits per heavy atom. The van der Waals surface area contributed by atoms with Crippen LogP contribution in [0.15, 0.2) is 30.5 Å². The highest BCUT2D eigenvalue weighted by Crippen LogP contribution is 2.43. The van der Waals surface area contributed by atoms with Crippen LogP contribution in [0, 0.1) is 17.7 Å². The van der Waals surface area contributed by atoms with Gasteiger partial charge in [0.05, 0.1) is 20.1 Å². The zero-order valence-corrected chi connectivity index (χ0v) is 20.0. The molecule has 34 heavy (non-hydrogen) atoms. The number of aromatic nitrogens is 1. The van der Waals surface area contributed by atoms with Crippen molar-refractivity contribution in [3.63, 3.8) is 0 Å². The second-order valence-electron chi connectivity index (χ2n) is 8.84. The van der Waals surface area contributed by atoms with Crippen LogP contribution in [0.4, 0.5) is 4.39 Å². The quantitative estimate of drug-likeness (QED) is 0.381. The molecule has 3 rings (SSSR count). The standard InChI is InChI=1S/C26H32FNO6/c1-15(13-20(29)24-25(30)21(32-3)11-12-28-24)26(31)34-16(2)23(17-7-5-6-8-17)19-10-9-18(27)14-22(19)33-4/h9-12,14-17,23,30H,5-8,13H2,1-4H3/t15-,16+,23-/m1/s1. The topological polar surface area (TPSA) is 95.0 Å². The van der Waals surface area contributed by atoms with E-state index in [2.05, 4.69) is 4.98 Å². The van der Waals surface area contributed by atoms with Gasteiger partial charge in [-0.3, -0.25) is 9.59 Å². The third kappa shape index (κ3) is 5.66. The van der Waals surface area contributed by atoms with E-state index < -0.39 is 29.6 Å². The van der Waals surface area contributed by atoms with Crippen molar-refractivity contribution in [2.45, 2.75) is 58.0 Å². The molecule has 1 heterocycles. The van der Waals surface area contributed by atoms with Crippen molar-refractivity contribution in [1.82, 2.24) is 4.98 Å². The molecule has 0 saturated heterocycles. The van der Waals surface area contributed by atoms with Crippen molar-refractivity contribution in [3.8, 4) is 17.2 Å². The summed E-state index contributed by atoms with van der Waals surface area (Å²) in [7, 11) is 2.87. The van der Waals surface area contributed by atoms with Crippen LogP contribution in [0.25, 0.3) is 0 Å². The summed E-state index contributed by atoms with van der Waals surface area (Å²) in [6, 6.07) is 5.88. The molecule has 0 aliphatic heterocycles. The van der Waals surface area contributed by atoms with E-state index in [0.29, 0.717) is 5.75 Å². The Labute approximate surface area is 199 Å². The number of esters is 1. The van der Waals surface area contributed by atoms with E-state index >= 15 is 0 Å². The number of rotatable bonds is 10. The number of pyridine rings is 1. The van der Waals surface area contributed by atoms with Crippen LogP contribution in [0.5, 0.6) is 17.2 Å². The first kappa shape index (κ1) is 25.5. The molecular formula is C26H32FNO6. The summed E-state index contributed by atoms with van der Waals surface area (Å²) in [5.41, 5.74) is 0.664. The lowest BCUT2D eigenvalue weighted by molar-refractivity contribution is -0.154. The number of ketones is 1. The lowest BCUT2D eigenvalue weighted by Crippen LogP contribution is -2.30. The van der Waals surface area contributed by atoms with Gasteiger partial charge in [0.25, 0.3) is 0 Å². The lowest BCUT2D eigenvalue weighted by atomic mass is 9.80. The summed E-state index contributed by atoms with van der Waals surface area (Å²) >= 11 is 0. The molecule has 1 N–H and O–H groups in total. The van der Waals surface area contributed by atoms with Gasteiger partial charge in [-0.25, -0.2) is 9.37 Å². The van der Waals surface area contributed by atoms with E-state index in [1.54, 1.807) is 13.0 Å². The van der Waals surface area contributed by atoms with Crippen molar-refractivity contribution in [2.75, 3.05) is 14.2 Å². The van der Waals surface area contributed by atoms with Gasteiger partial charge in [-0.1, -0.05) is 25.8 Å². The number of aromatic hydroxyl groups is 1. The molecule has 3 atom stereocenters. The van der Waals surface area contributed by atoms with E-state index in [9.17, 15) is 19.1 Å². The van der Waals surface area contributed by atoms with Gasteiger partial charge >= 0.3 is 5.97 Å². The first-order valence-electron chi connectivity index (χ1n) is 11.6. The van der Waals surface area contributed by atoms with Gasteiger partial charge in [-0.15, -0.1) is 0 Å². The molecule has 1 saturated carbocycles. The number of methoxy groups -OCH3 is 2. The minimum absolute atomic E-state index is 0.134. The monoisotopic (exact) mass is 473 g/mol. The van der Waals surface area contributed by atoms with Gasteiger partial charge in [0.15, 0.2) is 23.0 Å². The Kier molecular flexibility index (Phi) is 8.47. The predicted molar refractivity (Wildman–Crippen MR) is 124 cm³/mol. The van der Waals surface area contributed by atoms with E-state index in [1.807, 2.05) is 6.92 Å². The van der Waals surface area contributed by atoms with E-state index in [-0.39, 0.29) is 35.4 Å². The van der Waals surface area contributed by atoms with Crippen molar-refractivity contribution in [3.05, 3.63) is 47.5 Å². The molecule has 184 valence electrons. The van der Waals surface area contributed by atoms with Crippen LogP contribution >= 0.6 is 0 Å². The number of Topliss-reactive ketones (excluding diaryl/α,β-unsaturated/α-hetero) is 1. The Morgan fingerprint density at radius 2 is 1.79 bits per heavy atom. The molecule has 1 aliphatic carbocycles. The van der Waals surface area contributed by atoms with Crippen molar-refractivity contribution in [1.29, 1.82) is 0 Å². The second kappa shape index (κ2) is 11.3. The number of benzene rings is 1. The first-order chi connectivity index (χ1) is 16.3. The van der Waals surface area contributed by atoms with Crippen molar-refractivity contribution in [2.24, 2.45) is 11.8 Å². The fourth-order valence-corrected chi connectivity index (χ4v) is 4.80. The Morgan fingerprint density at radius 1 is 1.12 bits per heavy atom. The molecule has 1 aromatic carbocycles. The minimum atomic E-state index is -0.748. The van der Waals surface area contributed by atoms with E-state index in [0.717, 1.165) is 31.2 Å². The summed E-state index contributed by atoms with van der Waals surface area (Å²) in [5.74, 6) is -1.82. The summed E-state index contributed by atoms with van der Waals surface area (Å²) in [6.07, 6.45) is 4.84. The van der Waals surface area contributed by atoms with Crippen molar-refractivity contribution >= 4 is 11.8 Å². The van der Waals surface area contributed by atoms with Crippen LogP contribution in [-0.2, 0) is 9.53 Å². The van der Waals surface area contributed by atoms with Crippen LogP contribution in [-0.4, -0.2) is 42.2 Å². The number of hydrogen-bond acceptors (Lipinski definition) is 7. The average molecular weight is 474 g/mol. The maximum absolute atomic E-state index is 13.8. The maximum Gasteiger partial charge on any atom is 0.309 e. The summed E-state index contributed by atoms with van der Waals surface area (Å²) in [5, 5.41) is 10.2. The third-order valence-corrected chi connectivity index (χ3v) is 6.54. The molecule has 0 amide bonds. The SMILES string of the molecule is COc1cc(F)ccc1[C@@H](C1CCCC1)[C@H](C)OC(=O)[C@H](C)CC(=O)c1nccc(OC)c1O. The number of carbonyl (C=O) groups is 2. The molecule has 0 unspecified atom stereocenters. The number of carbonyl (C=O) groups excluding carboxylic acids is 2. The molecule has 7 nitrogen and oxygen atoms in total. The van der Waals surface area contributed by atoms with Crippen LogP contribution < -0.4 is 9.47 Å². The predicted octanol–water partition coefficient (Wildman–Crippen LogP) is 5.06. The van der Waals surface area contributed by atoms with Gasteiger partial charge in [0.2, 0.25) is 0 Å². The number of nitrogens with zero attached hydrogens (tertiary/aromatic N) is 1. The van der Waals surface area contributed by atoms with Crippen LogP contribution in [0.3, 0.4) is 0 Å². The third-order valence-electron chi connectivity index (χ3n) is 6.54. The maximum atomic E-state index is 13.8. The zero-order valence-electron chi connectivity index (χ0n) is 20.0. The van der Waals surface area contributed by atoms with E-state index in [1.165, 1.54) is 38.6 Å². The Bertz CT molecular complexity index is 1020. The lowest BCUT2D eigenvalue weighted by Gasteiger charge is -2.31. The molecule has 1 aromatic heterocycles. The summed E-state index contributed by atoms with van der Waals surface area (Å²) in [4.78, 5) is 29.5. The zero-order chi connectivity index (χ0) is 24.8. The minimum Gasteiger partial charge on any atom is -0.503 e. The van der Waals surface area contributed by atoms with Gasteiger partial charge in [0, 0.05) is 36.2 Å². The normalized spacial score (nSPS) is 16.5. The fourth-order valence-electron chi connectivity index (χ4n) is 4.80. The second-order valence-corrected chi connectivity index (χ2v) is 8.84. The van der Waals surface area contributed by atoms with Gasteiger partial charge in [-0.05, 0) is 31.7 Å². The molecule has 0 bridgehead atoms. The van der Waals surface area contributed by atoms with Crippen LogP contribution in [0.1, 0.15) is 67.9 Å². The molecule has 0 spiro atoms. The molecule has 1 aliphatic rings. The summed E-state index contributed by atoms with van der Waals surface area (Å²) in [6.45, 7) is 3.43. The number of hydrogen-bond donors (Lipinski definition) is 1. The highest BCUT2D eigenvalue weighted by atomic mass is 19.1.